The Morgan fingerprint density at radius 2 is 1.83 bits per heavy atom. The minimum atomic E-state index is -3.70. The van der Waals surface area contributed by atoms with Crippen molar-refractivity contribution >= 4 is 39.5 Å². The van der Waals surface area contributed by atoms with Gasteiger partial charge in [0.1, 0.15) is 0 Å². The summed E-state index contributed by atoms with van der Waals surface area (Å²) in [6.07, 6.45) is 4.13. The lowest BCUT2D eigenvalue weighted by Crippen LogP contribution is -2.29. The molecule has 0 fully saturated rings. The van der Waals surface area contributed by atoms with Crippen LogP contribution in [0.25, 0.3) is 6.08 Å². The fraction of sp³-hybridized carbons (Fsp3) is 0.238. The molecule has 158 valence electrons. The first-order valence-electron chi connectivity index (χ1n) is 9.46. The summed E-state index contributed by atoms with van der Waals surface area (Å²) in [6.45, 7) is 4.38. The molecule has 0 aliphatic rings. The minimum Gasteiger partial charge on any atom is -0.305 e. The normalized spacial score (nSPS) is 13.0. The van der Waals surface area contributed by atoms with Crippen molar-refractivity contribution in [1.82, 2.24) is 19.5 Å². The van der Waals surface area contributed by atoms with E-state index in [1.54, 1.807) is 30.8 Å². The summed E-state index contributed by atoms with van der Waals surface area (Å²) in [7, 11) is -3.70. The van der Waals surface area contributed by atoms with E-state index in [9.17, 15) is 8.42 Å². The van der Waals surface area contributed by atoms with Gasteiger partial charge in [0.25, 0.3) is 0 Å². The van der Waals surface area contributed by atoms with E-state index in [2.05, 4.69) is 27.1 Å². The van der Waals surface area contributed by atoms with Crippen LogP contribution in [0.15, 0.2) is 70.7 Å². The Hall–Kier alpha value is -2.13. The number of sulfonamides is 1. The van der Waals surface area contributed by atoms with Crippen LogP contribution in [0.1, 0.15) is 31.3 Å². The van der Waals surface area contributed by atoms with Crippen LogP contribution in [-0.2, 0) is 16.6 Å². The fourth-order valence-corrected chi connectivity index (χ4v) is 5.01. The molecule has 1 atom stereocenters. The summed E-state index contributed by atoms with van der Waals surface area (Å²) in [5.74, 6) is 1.31. The highest BCUT2D eigenvalue weighted by Crippen LogP contribution is 2.23. The highest BCUT2D eigenvalue weighted by molar-refractivity contribution is 7.99. The van der Waals surface area contributed by atoms with Gasteiger partial charge in [0.2, 0.25) is 10.0 Å². The largest absolute Gasteiger partial charge is 0.305 e. The minimum absolute atomic E-state index is 0.155. The number of aromatic nitrogens is 3. The van der Waals surface area contributed by atoms with E-state index in [1.807, 2.05) is 41.8 Å². The standard InChI is InChI=1S/C21H23ClN4O2S2/c1-3-26-20(16(2)25-30(27,28)19-13-11-18(22)12-14-19)23-24-21(26)29-15-7-10-17-8-5-4-6-9-17/h4-14,16,25H,3,15H2,1-2H3/t16-/m1/s1. The summed E-state index contributed by atoms with van der Waals surface area (Å²) in [4.78, 5) is 0.155. The topological polar surface area (TPSA) is 76.9 Å². The van der Waals surface area contributed by atoms with E-state index in [1.165, 1.54) is 12.1 Å². The van der Waals surface area contributed by atoms with Gasteiger partial charge in [-0.15, -0.1) is 10.2 Å². The first-order valence-corrected chi connectivity index (χ1v) is 12.3. The third-order valence-corrected chi connectivity index (χ3v) is 7.05. The van der Waals surface area contributed by atoms with Crippen molar-refractivity contribution in [3.05, 3.63) is 77.1 Å². The van der Waals surface area contributed by atoms with E-state index in [0.717, 1.165) is 16.5 Å². The second-order valence-corrected chi connectivity index (χ2v) is 9.64. The molecule has 9 heteroatoms. The maximum atomic E-state index is 12.7. The molecule has 30 heavy (non-hydrogen) atoms. The summed E-state index contributed by atoms with van der Waals surface area (Å²) in [5, 5.41) is 9.73. The molecule has 1 N–H and O–H groups in total. The number of thioether (sulfide) groups is 1. The van der Waals surface area contributed by atoms with Crippen molar-refractivity contribution in [3.63, 3.8) is 0 Å². The van der Waals surface area contributed by atoms with Gasteiger partial charge in [-0.2, -0.15) is 0 Å². The third-order valence-electron chi connectivity index (χ3n) is 4.32. The maximum absolute atomic E-state index is 12.7. The number of nitrogens with one attached hydrogen (secondary N) is 1. The van der Waals surface area contributed by atoms with Gasteiger partial charge >= 0.3 is 0 Å². The number of hydrogen-bond donors (Lipinski definition) is 1. The molecule has 0 amide bonds. The predicted molar refractivity (Wildman–Crippen MR) is 122 cm³/mol. The number of hydrogen-bond acceptors (Lipinski definition) is 5. The average Bonchev–Trinajstić information content (AvgIpc) is 3.15. The lowest BCUT2D eigenvalue weighted by molar-refractivity contribution is 0.539. The van der Waals surface area contributed by atoms with Crippen LogP contribution >= 0.6 is 23.4 Å². The second-order valence-electron chi connectivity index (χ2n) is 6.51. The van der Waals surface area contributed by atoms with E-state index >= 15 is 0 Å². The monoisotopic (exact) mass is 462 g/mol. The molecule has 3 rings (SSSR count). The zero-order valence-corrected chi connectivity index (χ0v) is 19.1. The first-order chi connectivity index (χ1) is 14.4. The van der Waals surface area contributed by atoms with Crippen molar-refractivity contribution in [3.8, 4) is 0 Å². The van der Waals surface area contributed by atoms with Crippen LogP contribution in [0.2, 0.25) is 5.02 Å². The van der Waals surface area contributed by atoms with Gasteiger partial charge in [-0.1, -0.05) is 65.8 Å². The Morgan fingerprint density at radius 3 is 2.50 bits per heavy atom. The smallest absolute Gasteiger partial charge is 0.241 e. The Bertz CT molecular complexity index is 1100. The van der Waals surface area contributed by atoms with Crippen molar-refractivity contribution in [2.45, 2.75) is 36.5 Å². The van der Waals surface area contributed by atoms with Crippen LogP contribution in [0.4, 0.5) is 0 Å². The molecular weight excluding hydrogens is 440 g/mol. The van der Waals surface area contributed by atoms with Gasteiger partial charge in [0, 0.05) is 17.3 Å². The zero-order chi connectivity index (χ0) is 21.6. The predicted octanol–water partition coefficient (Wildman–Crippen LogP) is 4.80. The van der Waals surface area contributed by atoms with Crippen LogP contribution in [0.3, 0.4) is 0 Å². The van der Waals surface area contributed by atoms with Gasteiger partial charge in [0.05, 0.1) is 10.9 Å². The number of halogens is 1. The molecule has 0 spiro atoms. The summed E-state index contributed by atoms with van der Waals surface area (Å²) < 4.78 is 29.9. The molecule has 0 saturated carbocycles. The molecule has 1 aromatic heterocycles. The van der Waals surface area contributed by atoms with Crippen molar-refractivity contribution in [2.75, 3.05) is 5.75 Å². The highest BCUT2D eigenvalue weighted by Gasteiger charge is 2.23. The lowest BCUT2D eigenvalue weighted by Gasteiger charge is -2.15. The van der Waals surface area contributed by atoms with Crippen molar-refractivity contribution < 1.29 is 8.42 Å². The molecule has 0 radical (unpaired) electrons. The van der Waals surface area contributed by atoms with Gasteiger partial charge in [-0.3, -0.25) is 0 Å². The molecule has 0 aliphatic carbocycles. The van der Waals surface area contributed by atoms with E-state index in [-0.39, 0.29) is 4.90 Å². The number of rotatable bonds is 9. The zero-order valence-electron chi connectivity index (χ0n) is 16.7. The Balaban J connectivity index is 1.68. The quantitative estimate of drug-likeness (QED) is 0.462. The second kappa shape index (κ2) is 10.3. The summed E-state index contributed by atoms with van der Waals surface area (Å²) in [5.41, 5.74) is 1.14. The Kier molecular flexibility index (Phi) is 7.71. The Labute approximate surface area is 186 Å². The molecule has 6 nitrogen and oxygen atoms in total. The molecule has 1 heterocycles. The van der Waals surface area contributed by atoms with Crippen LogP contribution < -0.4 is 4.72 Å². The summed E-state index contributed by atoms with van der Waals surface area (Å²) >= 11 is 7.40. The number of nitrogens with zero attached hydrogens (tertiary/aromatic N) is 3. The van der Waals surface area contributed by atoms with Crippen LogP contribution in [-0.4, -0.2) is 28.9 Å². The average molecular weight is 463 g/mol. The summed E-state index contributed by atoms with van der Waals surface area (Å²) in [6, 6.07) is 15.6. The lowest BCUT2D eigenvalue weighted by atomic mass is 10.2. The first kappa shape index (κ1) is 22.6. The van der Waals surface area contributed by atoms with E-state index < -0.39 is 16.1 Å². The maximum Gasteiger partial charge on any atom is 0.241 e. The van der Waals surface area contributed by atoms with Crippen LogP contribution in [0, 0.1) is 0 Å². The fourth-order valence-electron chi connectivity index (χ4n) is 2.86. The SMILES string of the molecule is CCn1c(SCC=Cc2ccccc2)nnc1[C@@H](C)NS(=O)(=O)c1ccc(Cl)cc1. The van der Waals surface area contributed by atoms with E-state index in [4.69, 9.17) is 11.6 Å². The van der Waals surface area contributed by atoms with Gasteiger partial charge in [0.15, 0.2) is 11.0 Å². The van der Waals surface area contributed by atoms with Gasteiger partial charge in [-0.25, -0.2) is 13.1 Å². The van der Waals surface area contributed by atoms with E-state index in [0.29, 0.717) is 17.4 Å². The molecule has 0 aliphatic heterocycles. The van der Waals surface area contributed by atoms with Gasteiger partial charge in [-0.05, 0) is 43.7 Å². The van der Waals surface area contributed by atoms with Gasteiger partial charge < -0.3 is 4.57 Å². The third kappa shape index (κ3) is 5.72. The number of benzene rings is 2. The molecule has 0 saturated heterocycles. The molecule has 3 aromatic rings. The highest BCUT2D eigenvalue weighted by atomic mass is 35.5. The van der Waals surface area contributed by atoms with Crippen molar-refractivity contribution in [1.29, 1.82) is 0 Å². The molecule has 0 bridgehead atoms. The van der Waals surface area contributed by atoms with Crippen LogP contribution in [0.5, 0.6) is 0 Å². The Morgan fingerprint density at radius 1 is 1.13 bits per heavy atom. The molecule has 0 unspecified atom stereocenters. The van der Waals surface area contributed by atoms with Crippen molar-refractivity contribution in [2.24, 2.45) is 0 Å². The molecular formula is C21H23ClN4O2S2. The molecule has 2 aromatic carbocycles.